The summed E-state index contributed by atoms with van der Waals surface area (Å²) in [6, 6.07) is 8.54. The van der Waals surface area contributed by atoms with E-state index < -0.39 is 0 Å². The normalized spacial score (nSPS) is 9.71. The van der Waals surface area contributed by atoms with E-state index in [-0.39, 0.29) is 0 Å². The maximum atomic E-state index is 4.64. The highest BCUT2D eigenvalue weighted by atomic mass is 32.1. The van der Waals surface area contributed by atoms with Gasteiger partial charge in [-0.2, -0.15) is 0 Å². The summed E-state index contributed by atoms with van der Waals surface area (Å²) in [6.45, 7) is 16.3. The molecule has 0 aliphatic carbocycles. The lowest BCUT2D eigenvalue weighted by atomic mass is 10.1. The van der Waals surface area contributed by atoms with Gasteiger partial charge >= 0.3 is 0 Å². The Labute approximate surface area is 194 Å². The summed E-state index contributed by atoms with van der Waals surface area (Å²) in [4.78, 5) is 14.9. The first-order chi connectivity index (χ1) is 15.0. The van der Waals surface area contributed by atoms with Gasteiger partial charge in [0.1, 0.15) is 0 Å². The van der Waals surface area contributed by atoms with E-state index in [1.165, 1.54) is 22.2 Å². The molecule has 4 rings (SSSR count). The standard InChI is InChI=1S/C19H18N4S.C2H7P.2C2H6/c1-12-5-4-6-15(9-12)10-16-19-21-11-17(23(19)8-7-20-16)18-13(2)22-14(3)24-18;1-2-3;2*1-2/h4-9,11H,10H2,1-3H3;2-3H2,1H3;2*1-2H3. The van der Waals surface area contributed by atoms with Crippen LogP contribution in [0.5, 0.6) is 0 Å². The molecule has 0 saturated heterocycles. The van der Waals surface area contributed by atoms with Crippen LogP contribution < -0.4 is 0 Å². The summed E-state index contributed by atoms with van der Waals surface area (Å²) in [7, 11) is 2.58. The molecular weight excluding hydrogens is 419 g/mol. The fraction of sp³-hybridized carbons (Fsp3) is 0.400. The van der Waals surface area contributed by atoms with Crippen molar-refractivity contribution in [3.8, 4) is 10.6 Å². The van der Waals surface area contributed by atoms with Crippen LogP contribution in [0.2, 0.25) is 0 Å². The van der Waals surface area contributed by atoms with Crippen LogP contribution in [0.4, 0.5) is 0 Å². The van der Waals surface area contributed by atoms with Crippen molar-refractivity contribution in [2.45, 2.75) is 61.8 Å². The molecule has 0 radical (unpaired) electrons. The molecule has 168 valence electrons. The zero-order valence-corrected chi connectivity index (χ0v) is 22.2. The summed E-state index contributed by atoms with van der Waals surface area (Å²) < 4.78 is 2.12. The smallest absolute Gasteiger partial charge is 0.159 e. The molecule has 0 fully saturated rings. The van der Waals surface area contributed by atoms with Crippen molar-refractivity contribution in [1.82, 2.24) is 19.4 Å². The van der Waals surface area contributed by atoms with E-state index in [4.69, 9.17) is 0 Å². The topological polar surface area (TPSA) is 43.1 Å². The molecule has 1 unspecified atom stereocenters. The summed E-state index contributed by atoms with van der Waals surface area (Å²) in [5.41, 5.74) is 6.56. The third-order valence-electron chi connectivity index (χ3n) is 4.09. The number of thiazole rings is 1. The van der Waals surface area contributed by atoms with E-state index in [9.17, 15) is 0 Å². The van der Waals surface area contributed by atoms with Crippen LogP contribution in [0, 0.1) is 20.8 Å². The lowest BCUT2D eigenvalue weighted by Crippen LogP contribution is -1.98. The predicted octanol–water partition coefficient (Wildman–Crippen LogP) is 7.30. The minimum absolute atomic E-state index is 0.781. The fourth-order valence-electron chi connectivity index (χ4n) is 3.05. The maximum absolute atomic E-state index is 4.64. The van der Waals surface area contributed by atoms with Crippen LogP contribution in [0.15, 0.2) is 42.9 Å². The number of fused-ring (bicyclic) bond motifs is 1. The fourth-order valence-corrected chi connectivity index (χ4v) is 3.98. The lowest BCUT2D eigenvalue weighted by Gasteiger charge is -2.05. The Balaban J connectivity index is 0.000000620. The molecule has 31 heavy (non-hydrogen) atoms. The number of nitrogens with zero attached hydrogens (tertiary/aromatic N) is 4. The number of imidazole rings is 1. The predicted molar refractivity (Wildman–Crippen MR) is 141 cm³/mol. The second kappa shape index (κ2) is 14.1. The summed E-state index contributed by atoms with van der Waals surface area (Å²) >= 11 is 1.71. The molecule has 0 aliphatic heterocycles. The SMILES string of the molecule is CC.CC.CCP.Cc1cccc(Cc2nccn3c(-c4sc(C)nc4C)cnc23)c1. The zero-order chi connectivity index (χ0) is 23.4. The van der Waals surface area contributed by atoms with Gasteiger partial charge in [0, 0.05) is 18.8 Å². The average Bonchev–Trinajstić information content (AvgIpc) is 3.34. The van der Waals surface area contributed by atoms with Crippen LogP contribution in [0.25, 0.3) is 16.2 Å². The summed E-state index contributed by atoms with van der Waals surface area (Å²) in [5.74, 6) is 0. The molecule has 3 heterocycles. The van der Waals surface area contributed by atoms with Crippen LogP contribution in [-0.2, 0) is 6.42 Å². The first kappa shape index (κ1) is 26.9. The van der Waals surface area contributed by atoms with Gasteiger partial charge in [-0.1, -0.05) is 64.4 Å². The molecule has 0 aliphatic rings. The second-order valence-electron chi connectivity index (χ2n) is 6.43. The molecule has 6 heteroatoms. The minimum atomic E-state index is 0.781. The van der Waals surface area contributed by atoms with Gasteiger partial charge < -0.3 is 0 Å². The van der Waals surface area contributed by atoms with Crippen molar-refractivity contribution in [3.05, 3.63) is 70.4 Å². The van der Waals surface area contributed by atoms with E-state index in [2.05, 4.69) is 66.7 Å². The van der Waals surface area contributed by atoms with Crippen molar-refractivity contribution < 1.29 is 0 Å². The monoisotopic (exact) mass is 456 g/mol. The van der Waals surface area contributed by atoms with Crippen molar-refractivity contribution in [1.29, 1.82) is 0 Å². The van der Waals surface area contributed by atoms with Gasteiger partial charge in [-0.05, 0) is 32.5 Å². The molecule has 0 amide bonds. The molecular formula is C25H37N4PS. The number of rotatable bonds is 3. The van der Waals surface area contributed by atoms with E-state index >= 15 is 0 Å². The molecule has 0 N–H and O–H groups in total. The maximum Gasteiger partial charge on any atom is 0.159 e. The van der Waals surface area contributed by atoms with Gasteiger partial charge in [0.05, 0.1) is 33.2 Å². The lowest BCUT2D eigenvalue weighted by molar-refractivity contribution is 1.02. The Morgan fingerprint density at radius 2 is 1.71 bits per heavy atom. The number of aromatic nitrogens is 4. The number of aryl methyl sites for hydroxylation is 3. The van der Waals surface area contributed by atoms with E-state index in [0.717, 1.165) is 34.2 Å². The Morgan fingerprint density at radius 3 is 2.29 bits per heavy atom. The Hall–Kier alpha value is -2.10. The van der Waals surface area contributed by atoms with Crippen LogP contribution >= 0.6 is 20.6 Å². The minimum Gasteiger partial charge on any atom is -0.296 e. The van der Waals surface area contributed by atoms with Crippen LogP contribution in [-0.4, -0.2) is 25.5 Å². The van der Waals surface area contributed by atoms with Crippen molar-refractivity contribution in [3.63, 3.8) is 0 Å². The van der Waals surface area contributed by atoms with Crippen LogP contribution in [0.1, 0.15) is 62.1 Å². The molecule has 3 aromatic heterocycles. The third kappa shape index (κ3) is 7.22. The molecule has 1 atom stereocenters. The largest absolute Gasteiger partial charge is 0.296 e. The van der Waals surface area contributed by atoms with Crippen molar-refractivity contribution >= 4 is 26.2 Å². The van der Waals surface area contributed by atoms with E-state index in [0.29, 0.717) is 0 Å². The first-order valence-electron chi connectivity index (χ1n) is 11.0. The average molecular weight is 457 g/mol. The molecule has 0 bridgehead atoms. The molecule has 0 spiro atoms. The molecule has 1 aromatic carbocycles. The van der Waals surface area contributed by atoms with Gasteiger partial charge in [-0.15, -0.1) is 20.6 Å². The first-order valence-corrected chi connectivity index (χ1v) is 12.7. The van der Waals surface area contributed by atoms with Gasteiger partial charge in [-0.3, -0.25) is 9.38 Å². The molecule has 4 aromatic rings. The van der Waals surface area contributed by atoms with Gasteiger partial charge in [0.25, 0.3) is 0 Å². The second-order valence-corrected chi connectivity index (χ2v) is 8.45. The Kier molecular flexibility index (Phi) is 12.2. The van der Waals surface area contributed by atoms with Gasteiger partial charge in [0.15, 0.2) is 5.65 Å². The Morgan fingerprint density at radius 1 is 1.03 bits per heavy atom. The highest BCUT2D eigenvalue weighted by molar-refractivity contribution is 7.16. The summed E-state index contributed by atoms with van der Waals surface area (Å²) in [6.07, 6.45) is 7.71. The van der Waals surface area contributed by atoms with Crippen molar-refractivity contribution in [2.24, 2.45) is 0 Å². The molecule has 0 saturated carbocycles. The zero-order valence-electron chi connectivity index (χ0n) is 20.2. The Bertz CT molecular complexity index is 1050. The highest BCUT2D eigenvalue weighted by Gasteiger charge is 2.15. The third-order valence-corrected chi connectivity index (χ3v) is 5.19. The van der Waals surface area contributed by atoms with E-state index in [1.807, 2.05) is 60.1 Å². The van der Waals surface area contributed by atoms with Gasteiger partial charge in [-0.25, -0.2) is 9.97 Å². The summed E-state index contributed by atoms with van der Waals surface area (Å²) in [5, 5.41) is 1.08. The highest BCUT2D eigenvalue weighted by Crippen LogP contribution is 2.30. The van der Waals surface area contributed by atoms with E-state index in [1.54, 1.807) is 11.3 Å². The number of hydrogen-bond donors (Lipinski definition) is 0. The van der Waals surface area contributed by atoms with Crippen molar-refractivity contribution in [2.75, 3.05) is 6.16 Å². The molecule has 4 nitrogen and oxygen atoms in total. The van der Waals surface area contributed by atoms with Gasteiger partial charge in [0.2, 0.25) is 0 Å². The van der Waals surface area contributed by atoms with Crippen LogP contribution in [0.3, 0.4) is 0 Å². The quantitative estimate of drug-likeness (QED) is 0.304. The number of benzene rings is 1. The number of hydrogen-bond acceptors (Lipinski definition) is 4.